The first-order valence-electron chi connectivity index (χ1n) is 11.1. The molecule has 0 atom stereocenters. The molecular formula is C23H23F3N6O3S2. The maximum Gasteiger partial charge on any atom is 0.416 e. The number of aryl methyl sites for hydroxylation is 1. The molecule has 0 aliphatic rings. The van der Waals surface area contributed by atoms with E-state index in [1.807, 2.05) is 13.8 Å². The fraction of sp³-hybridized carbons (Fsp3) is 0.304. The molecule has 0 saturated carbocycles. The van der Waals surface area contributed by atoms with Crippen LogP contribution in [0.4, 0.5) is 18.9 Å². The van der Waals surface area contributed by atoms with Crippen molar-refractivity contribution in [2.24, 2.45) is 5.92 Å². The van der Waals surface area contributed by atoms with E-state index in [1.54, 1.807) is 36.6 Å². The van der Waals surface area contributed by atoms with Crippen LogP contribution >= 0.6 is 11.3 Å². The lowest BCUT2D eigenvalue weighted by Crippen LogP contribution is -2.34. The van der Waals surface area contributed by atoms with Gasteiger partial charge in [0.05, 0.1) is 11.3 Å². The number of aromatic nitrogens is 5. The molecule has 37 heavy (non-hydrogen) atoms. The van der Waals surface area contributed by atoms with Gasteiger partial charge in [0.2, 0.25) is 4.34 Å². The van der Waals surface area contributed by atoms with E-state index >= 15 is 0 Å². The van der Waals surface area contributed by atoms with Crippen molar-refractivity contribution >= 4 is 27.0 Å². The number of hydrogen-bond acceptors (Lipinski definition) is 8. The maximum absolute atomic E-state index is 13.5. The molecule has 9 nitrogen and oxygen atoms in total. The van der Waals surface area contributed by atoms with E-state index in [2.05, 4.69) is 25.6 Å². The maximum atomic E-state index is 13.5. The summed E-state index contributed by atoms with van der Waals surface area (Å²) in [5.41, 5.74) is 0.932. The van der Waals surface area contributed by atoms with Gasteiger partial charge in [-0.05, 0) is 47.0 Å². The number of tetrazole rings is 1. The Hall–Kier alpha value is -3.52. The Morgan fingerprint density at radius 1 is 1.14 bits per heavy atom. The average molecular weight is 553 g/mol. The highest BCUT2D eigenvalue weighted by molar-refractivity contribution is 7.94. The summed E-state index contributed by atoms with van der Waals surface area (Å²) in [5.74, 6) is 0.111. The number of anilines is 1. The lowest BCUT2D eigenvalue weighted by Gasteiger charge is -2.27. The van der Waals surface area contributed by atoms with Gasteiger partial charge < -0.3 is 4.74 Å². The highest BCUT2D eigenvalue weighted by Crippen LogP contribution is 2.39. The van der Waals surface area contributed by atoms with Crippen molar-refractivity contribution in [2.75, 3.05) is 10.8 Å². The number of nitrogens with one attached hydrogen (secondary N) is 1. The van der Waals surface area contributed by atoms with Crippen LogP contribution in [-0.4, -0.2) is 40.6 Å². The number of sulfonamides is 1. The molecule has 0 bridgehead atoms. The largest absolute Gasteiger partial charge is 0.487 e. The average Bonchev–Trinajstić information content (AvgIpc) is 3.53. The molecule has 0 fully saturated rings. The molecule has 0 aliphatic heterocycles. The third-order valence-corrected chi connectivity index (χ3v) is 8.29. The lowest BCUT2D eigenvalue weighted by molar-refractivity contribution is -0.137. The predicted molar refractivity (Wildman–Crippen MR) is 132 cm³/mol. The van der Waals surface area contributed by atoms with Gasteiger partial charge in [0.15, 0.2) is 5.82 Å². The standard InChI is InChI=1S/C23H23F3N6O3S2/c1-14(2)11-32(37(33,34)22-27-15(3)13-36-22)19-9-8-18(23(24,25)26)10-20(19)35-12-16-4-6-17(7-5-16)21-28-30-31-29-21/h4-10,13-14H,11-12H2,1-3H3,(H,28,29,30,31). The minimum atomic E-state index is -4.64. The monoisotopic (exact) mass is 552 g/mol. The molecule has 0 radical (unpaired) electrons. The number of aromatic amines is 1. The van der Waals surface area contributed by atoms with Crippen LogP contribution in [0, 0.1) is 12.8 Å². The second-order valence-electron chi connectivity index (χ2n) is 8.60. The first-order chi connectivity index (χ1) is 17.4. The minimum absolute atomic E-state index is 0.00101. The Balaban J connectivity index is 1.70. The smallest absolute Gasteiger partial charge is 0.416 e. The van der Waals surface area contributed by atoms with Crippen molar-refractivity contribution in [1.29, 1.82) is 0 Å². The SMILES string of the molecule is Cc1csc(S(=O)(=O)N(CC(C)C)c2ccc(C(F)(F)F)cc2OCc2ccc(-c3nnn[nH]3)cc2)n1. The van der Waals surface area contributed by atoms with Gasteiger partial charge in [-0.25, -0.2) is 10.1 Å². The Morgan fingerprint density at radius 2 is 1.86 bits per heavy atom. The molecule has 0 unspecified atom stereocenters. The molecule has 2 aromatic carbocycles. The minimum Gasteiger partial charge on any atom is -0.487 e. The zero-order chi connectivity index (χ0) is 26.8. The molecule has 0 spiro atoms. The Kier molecular flexibility index (Phi) is 7.50. The summed E-state index contributed by atoms with van der Waals surface area (Å²) in [4.78, 5) is 4.10. The summed E-state index contributed by atoms with van der Waals surface area (Å²) in [6.07, 6.45) is -4.64. The predicted octanol–water partition coefficient (Wildman–Crippen LogP) is 5.08. The second kappa shape index (κ2) is 10.5. The third-order valence-electron chi connectivity index (χ3n) is 5.16. The molecule has 2 aromatic heterocycles. The molecule has 0 aliphatic carbocycles. The number of benzene rings is 2. The lowest BCUT2D eigenvalue weighted by atomic mass is 10.1. The van der Waals surface area contributed by atoms with Gasteiger partial charge in [0, 0.05) is 23.2 Å². The van der Waals surface area contributed by atoms with Gasteiger partial charge in [-0.2, -0.15) is 21.6 Å². The number of H-pyrrole nitrogens is 1. The van der Waals surface area contributed by atoms with Crippen LogP contribution in [0.3, 0.4) is 0 Å². The van der Waals surface area contributed by atoms with Gasteiger partial charge in [-0.3, -0.25) is 4.31 Å². The quantitative estimate of drug-likeness (QED) is 0.308. The van der Waals surface area contributed by atoms with E-state index in [0.29, 0.717) is 22.6 Å². The van der Waals surface area contributed by atoms with Gasteiger partial charge >= 0.3 is 6.18 Å². The normalized spacial score (nSPS) is 12.2. The highest BCUT2D eigenvalue weighted by atomic mass is 32.2. The zero-order valence-electron chi connectivity index (χ0n) is 20.0. The van der Waals surface area contributed by atoms with Crippen LogP contribution in [0.15, 0.2) is 52.2 Å². The fourth-order valence-electron chi connectivity index (χ4n) is 3.42. The summed E-state index contributed by atoms with van der Waals surface area (Å²) in [7, 11) is -4.16. The first-order valence-corrected chi connectivity index (χ1v) is 13.4. The van der Waals surface area contributed by atoms with Crippen molar-refractivity contribution in [3.8, 4) is 17.1 Å². The first kappa shape index (κ1) is 26.5. The van der Waals surface area contributed by atoms with Crippen molar-refractivity contribution in [3.05, 3.63) is 64.7 Å². The van der Waals surface area contributed by atoms with E-state index in [9.17, 15) is 21.6 Å². The van der Waals surface area contributed by atoms with Gasteiger partial charge in [-0.15, -0.1) is 16.4 Å². The summed E-state index contributed by atoms with van der Waals surface area (Å²) in [6, 6.07) is 9.68. The van der Waals surface area contributed by atoms with Crippen LogP contribution in [-0.2, 0) is 22.8 Å². The topological polar surface area (TPSA) is 114 Å². The van der Waals surface area contributed by atoms with Crippen molar-refractivity contribution < 1.29 is 26.3 Å². The number of thiazole rings is 1. The van der Waals surface area contributed by atoms with Gasteiger partial charge in [0.25, 0.3) is 10.0 Å². The molecule has 0 amide bonds. The molecule has 14 heteroatoms. The van der Waals surface area contributed by atoms with Crippen molar-refractivity contribution in [1.82, 2.24) is 25.6 Å². The molecule has 2 heterocycles. The molecule has 196 valence electrons. The number of hydrogen-bond donors (Lipinski definition) is 1. The van der Waals surface area contributed by atoms with Crippen LogP contribution < -0.4 is 9.04 Å². The third kappa shape index (κ3) is 6.07. The van der Waals surface area contributed by atoms with E-state index in [1.165, 1.54) is 0 Å². The van der Waals surface area contributed by atoms with E-state index < -0.39 is 21.8 Å². The Morgan fingerprint density at radius 3 is 2.43 bits per heavy atom. The fourth-order valence-corrected chi connectivity index (χ4v) is 6.19. The van der Waals surface area contributed by atoms with Crippen molar-refractivity contribution in [3.63, 3.8) is 0 Å². The molecule has 1 N–H and O–H groups in total. The van der Waals surface area contributed by atoms with Crippen LogP contribution in [0.1, 0.15) is 30.7 Å². The van der Waals surface area contributed by atoms with Crippen molar-refractivity contribution in [2.45, 2.75) is 37.9 Å². The molecular weight excluding hydrogens is 529 g/mol. The molecule has 4 aromatic rings. The van der Waals surface area contributed by atoms with E-state index in [4.69, 9.17) is 4.74 Å². The number of nitrogens with zero attached hydrogens (tertiary/aromatic N) is 5. The number of ether oxygens (including phenoxy) is 1. The zero-order valence-corrected chi connectivity index (χ0v) is 21.7. The summed E-state index contributed by atoms with van der Waals surface area (Å²) in [6.45, 7) is 5.20. The van der Waals surface area contributed by atoms with E-state index in [-0.39, 0.29) is 34.8 Å². The van der Waals surface area contributed by atoms with E-state index in [0.717, 1.165) is 33.8 Å². The van der Waals surface area contributed by atoms with Crippen LogP contribution in [0.5, 0.6) is 5.75 Å². The number of rotatable bonds is 9. The van der Waals surface area contributed by atoms with Crippen LogP contribution in [0.25, 0.3) is 11.4 Å². The Bertz CT molecular complexity index is 1450. The second-order valence-corrected chi connectivity index (χ2v) is 11.5. The number of alkyl halides is 3. The highest BCUT2D eigenvalue weighted by Gasteiger charge is 2.35. The summed E-state index contributed by atoms with van der Waals surface area (Å²) < 4.78 is 74.4. The molecule has 4 rings (SSSR count). The number of halogens is 3. The Labute approximate surface area is 215 Å². The van der Waals surface area contributed by atoms with Crippen LogP contribution in [0.2, 0.25) is 0 Å². The molecule has 0 saturated heterocycles. The summed E-state index contributed by atoms with van der Waals surface area (Å²) >= 11 is 0.952. The summed E-state index contributed by atoms with van der Waals surface area (Å²) in [5, 5.41) is 15.1. The van der Waals surface area contributed by atoms with Gasteiger partial charge in [0.1, 0.15) is 12.4 Å². The van der Waals surface area contributed by atoms with Gasteiger partial charge in [-0.1, -0.05) is 38.1 Å².